The Morgan fingerprint density at radius 1 is 0.933 bits per heavy atom. The maximum atomic E-state index is 14.3. The molecule has 148 valence electrons. The second kappa shape index (κ2) is 6.77. The first-order valence-corrected chi connectivity index (χ1v) is 9.20. The molecule has 3 aromatic heterocycles. The Hall–Kier alpha value is -4.07. The minimum atomic E-state index is -0.640. The van der Waals surface area contributed by atoms with Gasteiger partial charge in [0.15, 0.2) is 0 Å². The molecule has 0 atom stereocenters. The van der Waals surface area contributed by atoms with Crippen LogP contribution in [0, 0.1) is 18.6 Å². The van der Waals surface area contributed by atoms with Crippen LogP contribution in [0.4, 0.5) is 14.5 Å². The molecule has 8 heteroatoms. The van der Waals surface area contributed by atoms with Crippen molar-refractivity contribution in [3.8, 4) is 27.9 Å². The third-order valence-electron chi connectivity index (χ3n) is 4.88. The number of rotatable bonds is 3. The predicted molar refractivity (Wildman–Crippen MR) is 110 cm³/mol. The average Bonchev–Trinajstić information content (AvgIpc) is 3.33. The number of nitrogen functional groups attached to an aromatic ring is 1. The van der Waals surface area contributed by atoms with Gasteiger partial charge in [0.1, 0.15) is 23.8 Å². The lowest BCUT2D eigenvalue weighted by atomic mass is 9.98. The number of pyridine rings is 1. The average molecular weight is 402 g/mol. The van der Waals surface area contributed by atoms with Crippen molar-refractivity contribution < 1.29 is 8.78 Å². The van der Waals surface area contributed by atoms with Crippen molar-refractivity contribution in [1.29, 1.82) is 0 Å². The molecule has 0 saturated heterocycles. The fraction of sp³-hybridized carbons (Fsp3) is 0.0455. The highest BCUT2D eigenvalue weighted by Gasteiger charge is 2.13. The number of fused-ring (bicyclic) bond motifs is 1. The maximum Gasteiger partial charge on any atom is 0.147 e. The van der Waals surface area contributed by atoms with Crippen LogP contribution < -0.4 is 5.73 Å². The van der Waals surface area contributed by atoms with Crippen molar-refractivity contribution in [2.45, 2.75) is 6.92 Å². The van der Waals surface area contributed by atoms with Crippen LogP contribution in [0.3, 0.4) is 0 Å². The van der Waals surface area contributed by atoms with Crippen LogP contribution in [0.25, 0.3) is 33.5 Å². The Bertz CT molecular complexity index is 1400. The van der Waals surface area contributed by atoms with Gasteiger partial charge in [-0.2, -0.15) is 10.2 Å². The highest BCUT2D eigenvalue weighted by atomic mass is 19.1. The quantitative estimate of drug-likeness (QED) is 0.454. The fourth-order valence-electron chi connectivity index (χ4n) is 3.49. The molecule has 3 heterocycles. The third-order valence-corrected chi connectivity index (χ3v) is 4.88. The van der Waals surface area contributed by atoms with Crippen LogP contribution >= 0.6 is 0 Å². The van der Waals surface area contributed by atoms with Crippen molar-refractivity contribution in [3.63, 3.8) is 0 Å². The lowest BCUT2D eigenvalue weighted by Gasteiger charge is -2.09. The summed E-state index contributed by atoms with van der Waals surface area (Å²) in [5.74, 6) is -0.586. The molecule has 5 rings (SSSR count). The Balaban J connectivity index is 1.61. The Labute approximate surface area is 170 Å². The van der Waals surface area contributed by atoms with Gasteiger partial charge in [-0.1, -0.05) is 0 Å². The number of aromatic nitrogens is 5. The largest absolute Gasteiger partial charge is 0.399 e. The molecule has 0 aliphatic heterocycles. The van der Waals surface area contributed by atoms with Crippen LogP contribution in [-0.4, -0.2) is 24.4 Å². The van der Waals surface area contributed by atoms with Crippen molar-refractivity contribution in [3.05, 3.63) is 84.7 Å². The Morgan fingerprint density at radius 3 is 2.47 bits per heavy atom. The summed E-state index contributed by atoms with van der Waals surface area (Å²) in [5, 5.41) is 8.75. The molecule has 0 radical (unpaired) electrons. The molecule has 0 aliphatic rings. The summed E-state index contributed by atoms with van der Waals surface area (Å²) in [6.45, 7) is 1.82. The summed E-state index contributed by atoms with van der Waals surface area (Å²) in [4.78, 5) is 4.14. The van der Waals surface area contributed by atoms with Gasteiger partial charge in [-0.3, -0.25) is 0 Å². The van der Waals surface area contributed by atoms with Crippen molar-refractivity contribution >= 4 is 11.2 Å². The standard InChI is InChI=1S/C22H16F2N6/c1-13-26-12-30(28-13)18-3-5-22-20(10-27-29(22)11-18)15-6-14(7-17(25)8-15)19-4-2-16(23)9-21(19)24/h2-12H,25H2,1H3. The van der Waals surface area contributed by atoms with E-state index < -0.39 is 11.6 Å². The first-order valence-electron chi connectivity index (χ1n) is 9.20. The van der Waals surface area contributed by atoms with E-state index in [0.29, 0.717) is 17.1 Å². The lowest BCUT2D eigenvalue weighted by molar-refractivity contribution is 0.585. The molecule has 0 bridgehead atoms. The molecule has 0 spiro atoms. The normalized spacial score (nSPS) is 11.3. The summed E-state index contributed by atoms with van der Waals surface area (Å²) in [6, 6.07) is 12.6. The summed E-state index contributed by atoms with van der Waals surface area (Å²) in [7, 11) is 0. The lowest BCUT2D eigenvalue weighted by Crippen LogP contribution is -1.98. The van der Waals surface area contributed by atoms with Gasteiger partial charge in [0.25, 0.3) is 0 Å². The highest BCUT2D eigenvalue weighted by Crippen LogP contribution is 2.33. The number of halogens is 2. The zero-order chi connectivity index (χ0) is 20.8. The van der Waals surface area contributed by atoms with Crippen molar-refractivity contribution in [1.82, 2.24) is 24.4 Å². The molecule has 30 heavy (non-hydrogen) atoms. The van der Waals surface area contributed by atoms with Gasteiger partial charge in [-0.05, 0) is 60.5 Å². The molecule has 6 nitrogen and oxygen atoms in total. The molecule has 2 N–H and O–H groups in total. The minimum absolute atomic E-state index is 0.283. The molecule has 0 saturated carbocycles. The van der Waals surface area contributed by atoms with Gasteiger partial charge in [-0.25, -0.2) is 23.0 Å². The van der Waals surface area contributed by atoms with Crippen LogP contribution in [0.15, 0.2) is 67.3 Å². The first-order chi connectivity index (χ1) is 14.5. The zero-order valence-electron chi connectivity index (χ0n) is 15.9. The fourth-order valence-corrected chi connectivity index (χ4v) is 3.49. The van der Waals surface area contributed by atoms with Gasteiger partial charge < -0.3 is 5.73 Å². The second-order valence-corrected chi connectivity index (χ2v) is 6.98. The molecule has 0 fully saturated rings. The van der Waals surface area contributed by atoms with E-state index in [4.69, 9.17) is 5.73 Å². The van der Waals surface area contributed by atoms with Gasteiger partial charge in [0.05, 0.1) is 23.6 Å². The van der Waals surface area contributed by atoms with Crippen LogP contribution in [0.1, 0.15) is 5.82 Å². The summed E-state index contributed by atoms with van der Waals surface area (Å²) >= 11 is 0. The molecule has 0 amide bonds. The van der Waals surface area contributed by atoms with E-state index in [1.54, 1.807) is 33.9 Å². The van der Waals surface area contributed by atoms with Crippen LogP contribution in [0.5, 0.6) is 0 Å². The number of nitrogens with zero attached hydrogens (tertiary/aromatic N) is 5. The number of benzene rings is 2. The SMILES string of the molecule is Cc1ncn(-c2ccc3c(-c4cc(N)cc(-c5ccc(F)cc5F)c4)cnn3c2)n1. The van der Waals surface area contributed by atoms with Crippen LogP contribution in [0.2, 0.25) is 0 Å². The van der Waals surface area contributed by atoms with Crippen molar-refractivity contribution in [2.75, 3.05) is 5.73 Å². The van der Waals surface area contributed by atoms with Gasteiger partial charge >= 0.3 is 0 Å². The number of aryl methyl sites for hydroxylation is 1. The zero-order valence-corrected chi connectivity index (χ0v) is 15.9. The number of hydrogen-bond acceptors (Lipinski definition) is 4. The molecular weight excluding hydrogens is 386 g/mol. The van der Waals surface area contributed by atoms with E-state index in [-0.39, 0.29) is 5.56 Å². The van der Waals surface area contributed by atoms with E-state index in [1.165, 1.54) is 12.1 Å². The summed E-state index contributed by atoms with van der Waals surface area (Å²) in [6.07, 6.45) is 5.22. The molecule has 5 aromatic rings. The number of hydrogen-bond donors (Lipinski definition) is 1. The minimum Gasteiger partial charge on any atom is -0.399 e. The topological polar surface area (TPSA) is 74.0 Å². The Morgan fingerprint density at radius 2 is 1.73 bits per heavy atom. The molecule has 0 aliphatic carbocycles. The third kappa shape index (κ3) is 3.08. The van der Waals surface area contributed by atoms with Crippen LogP contribution in [-0.2, 0) is 0 Å². The first kappa shape index (κ1) is 18.0. The second-order valence-electron chi connectivity index (χ2n) is 6.98. The van der Waals surface area contributed by atoms with Gasteiger partial charge in [0, 0.05) is 22.9 Å². The van der Waals surface area contributed by atoms with Crippen molar-refractivity contribution in [2.24, 2.45) is 0 Å². The Kier molecular flexibility index (Phi) is 4.06. The van der Waals surface area contributed by atoms with E-state index in [2.05, 4.69) is 15.2 Å². The van der Waals surface area contributed by atoms with E-state index in [0.717, 1.165) is 28.4 Å². The molecular formula is C22H16F2N6. The predicted octanol–water partition coefficient (Wildman–Crippen LogP) is 4.42. The summed E-state index contributed by atoms with van der Waals surface area (Å²) in [5.41, 5.74) is 10.7. The highest BCUT2D eigenvalue weighted by molar-refractivity contribution is 5.85. The van der Waals surface area contributed by atoms with Gasteiger partial charge in [-0.15, -0.1) is 0 Å². The monoisotopic (exact) mass is 402 g/mol. The number of anilines is 1. The molecule has 0 unspecified atom stereocenters. The smallest absolute Gasteiger partial charge is 0.147 e. The summed E-state index contributed by atoms with van der Waals surface area (Å²) < 4.78 is 31.0. The van der Waals surface area contributed by atoms with E-state index in [9.17, 15) is 8.78 Å². The molecule has 2 aromatic carbocycles. The van der Waals surface area contributed by atoms with E-state index in [1.807, 2.05) is 31.3 Å². The number of nitrogens with two attached hydrogens (primary N) is 1. The van der Waals surface area contributed by atoms with Gasteiger partial charge in [0.2, 0.25) is 0 Å². The van der Waals surface area contributed by atoms with E-state index >= 15 is 0 Å². The maximum absolute atomic E-state index is 14.3.